The van der Waals surface area contributed by atoms with Crippen molar-refractivity contribution in [2.45, 2.75) is 52.4 Å². The summed E-state index contributed by atoms with van der Waals surface area (Å²) in [6, 6.07) is 8.57. The summed E-state index contributed by atoms with van der Waals surface area (Å²) in [5.74, 6) is 0.0168. The summed E-state index contributed by atoms with van der Waals surface area (Å²) in [5.41, 5.74) is 5.30. The molecule has 8 heteroatoms. The number of hydrogen-bond acceptors (Lipinski definition) is 5. The molecule has 2 aromatic rings. The molecular formula is C28H30Br2O5S. The molecule has 1 aliphatic rings. The molecule has 1 aliphatic carbocycles. The molecule has 0 aliphatic heterocycles. The quantitative estimate of drug-likeness (QED) is 0.331. The molecule has 0 fully saturated rings. The third kappa shape index (κ3) is 5.05. The van der Waals surface area contributed by atoms with Crippen LogP contribution in [0.25, 0.3) is 5.57 Å². The predicted octanol–water partition coefficient (Wildman–Crippen LogP) is 7.56. The second kappa shape index (κ2) is 10.8. The zero-order valence-corrected chi connectivity index (χ0v) is 25.4. The van der Waals surface area contributed by atoms with Gasteiger partial charge in [-0.1, -0.05) is 45.9 Å². The molecule has 0 aromatic heterocycles. The van der Waals surface area contributed by atoms with Crippen molar-refractivity contribution >= 4 is 53.3 Å². The Balaban J connectivity index is 2.64. The van der Waals surface area contributed by atoms with Crippen molar-refractivity contribution in [3.05, 3.63) is 84.3 Å². The third-order valence-electron chi connectivity index (χ3n) is 6.44. The first kappa shape index (κ1) is 28.6. The largest absolute Gasteiger partial charge is 0.506 e. The fourth-order valence-corrected chi connectivity index (χ4v) is 6.05. The topological polar surface area (TPSA) is 80.7 Å². The van der Waals surface area contributed by atoms with Gasteiger partial charge in [0.05, 0.1) is 16.1 Å². The molecule has 3 rings (SSSR count). The Morgan fingerprint density at radius 3 is 2.17 bits per heavy atom. The Kier molecular flexibility index (Phi) is 8.55. The van der Waals surface area contributed by atoms with Crippen molar-refractivity contribution in [1.82, 2.24) is 0 Å². The lowest BCUT2D eigenvalue weighted by Gasteiger charge is -2.26. The van der Waals surface area contributed by atoms with Crippen LogP contribution >= 0.6 is 31.9 Å². The minimum atomic E-state index is -4.06. The normalized spacial score (nSPS) is 16.2. The summed E-state index contributed by atoms with van der Waals surface area (Å²) >= 11 is 7.05. The molecule has 2 aromatic carbocycles. The number of allylic oxidation sites excluding steroid dienone is 5. The lowest BCUT2D eigenvalue weighted by molar-refractivity contribution is -0.112. The fraction of sp³-hybridized carbons (Fsp3) is 0.321. The van der Waals surface area contributed by atoms with Gasteiger partial charge in [0.15, 0.2) is 5.78 Å². The zero-order chi connectivity index (χ0) is 27.1. The van der Waals surface area contributed by atoms with Crippen LogP contribution in [-0.4, -0.2) is 26.4 Å². The molecule has 0 saturated heterocycles. The first-order valence-corrected chi connectivity index (χ1v) is 14.5. The lowest BCUT2D eigenvalue weighted by atomic mass is 9.81. The summed E-state index contributed by atoms with van der Waals surface area (Å²) in [6.45, 7) is 11.6. The van der Waals surface area contributed by atoms with Crippen molar-refractivity contribution in [3.8, 4) is 5.75 Å². The maximum Gasteiger partial charge on any atom is 0.297 e. The van der Waals surface area contributed by atoms with E-state index in [4.69, 9.17) is 4.18 Å². The van der Waals surface area contributed by atoms with E-state index in [9.17, 15) is 18.3 Å². The summed E-state index contributed by atoms with van der Waals surface area (Å²) in [7, 11) is -2.93. The number of benzene rings is 2. The molecule has 0 unspecified atom stereocenters. The number of ketones is 1. The van der Waals surface area contributed by atoms with E-state index in [2.05, 4.69) is 31.9 Å². The second-order valence-corrected chi connectivity index (χ2v) is 12.7. The van der Waals surface area contributed by atoms with Crippen molar-refractivity contribution < 1.29 is 22.5 Å². The molecular weight excluding hydrogens is 608 g/mol. The molecule has 36 heavy (non-hydrogen) atoms. The van der Waals surface area contributed by atoms with Crippen LogP contribution in [0.2, 0.25) is 0 Å². The van der Waals surface area contributed by atoms with E-state index in [1.54, 1.807) is 18.2 Å². The van der Waals surface area contributed by atoms with Crippen LogP contribution in [0.4, 0.5) is 0 Å². The van der Waals surface area contributed by atoms with Gasteiger partial charge >= 0.3 is 0 Å². The van der Waals surface area contributed by atoms with E-state index in [0.717, 1.165) is 23.8 Å². The van der Waals surface area contributed by atoms with Crippen LogP contribution in [0, 0.1) is 12.8 Å². The summed E-state index contributed by atoms with van der Waals surface area (Å²) < 4.78 is 31.9. The highest BCUT2D eigenvalue weighted by Crippen LogP contribution is 2.46. The highest BCUT2D eigenvalue weighted by molar-refractivity contribution is 9.12. The average Bonchev–Trinajstić information content (AvgIpc) is 2.83. The van der Waals surface area contributed by atoms with Gasteiger partial charge in [-0.2, -0.15) is 8.42 Å². The molecule has 0 radical (unpaired) electrons. The molecule has 0 heterocycles. The second-order valence-electron chi connectivity index (χ2n) is 9.38. The predicted molar refractivity (Wildman–Crippen MR) is 151 cm³/mol. The molecule has 0 atom stereocenters. The van der Waals surface area contributed by atoms with Crippen LogP contribution in [0.3, 0.4) is 0 Å². The van der Waals surface area contributed by atoms with Crippen molar-refractivity contribution in [3.63, 3.8) is 0 Å². The minimum absolute atomic E-state index is 0.00271. The number of hydrogen-bond donors (Lipinski definition) is 1. The van der Waals surface area contributed by atoms with Crippen molar-refractivity contribution in [2.24, 2.45) is 5.92 Å². The highest BCUT2D eigenvalue weighted by atomic mass is 79.9. The summed E-state index contributed by atoms with van der Waals surface area (Å²) in [4.78, 5) is 13.1. The Morgan fingerprint density at radius 1 is 1.00 bits per heavy atom. The van der Waals surface area contributed by atoms with Crippen LogP contribution < -0.4 is 0 Å². The van der Waals surface area contributed by atoms with Gasteiger partial charge in [-0.25, -0.2) is 0 Å². The maximum absolute atomic E-state index is 13.0. The van der Waals surface area contributed by atoms with Gasteiger partial charge in [-0.15, -0.1) is 0 Å². The smallest absolute Gasteiger partial charge is 0.297 e. The number of phenolic OH excluding ortho intramolecular Hbond substituents is 1. The van der Waals surface area contributed by atoms with E-state index >= 15 is 0 Å². The van der Waals surface area contributed by atoms with Crippen LogP contribution in [0.1, 0.15) is 62.8 Å². The Labute approximate surface area is 230 Å². The van der Waals surface area contributed by atoms with Crippen LogP contribution in [-0.2, 0) is 19.1 Å². The first-order valence-electron chi connectivity index (χ1n) is 11.5. The van der Waals surface area contributed by atoms with E-state index in [0.29, 0.717) is 36.8 Å². The number of rotatable bonds is 6. The molecule has 192 valence electrons. The highest BCUT2D eigenvalue weighted by Gasteiger charge is 2.30. The molecule has 0 spiro atoms. The Morgan fingerprint density at radius 2 is 1.61 bits per heavy atom. The SMILES string of the molecule is COS(=O)(=O)c1ccccc1C(=C1C=C(C(C)C)C(=O)C(Br)=C1C)c1cc(C(C)C)c(O)c(Br)c1C. The Bertz CT molecular complexity index is 1440. The van der Waals surface area contributed by atoms with Gasteiger partial charge in [0.25, 0.3) is 10.1 Å². The van der Waals surface area contributed by atoms with E-state index in [-0.39, 0.29) is 28.3 Å². The number of carbonyl (C=O) groups is 1. The monoisotopic (exact) mass is 636 g/mol. The zero-order valence-electron chi connectivity index (χ0n) is 21.4. The van der Waals surface area contributed by atoms with E-state index < -0.39 is 10.1 Å². The van der Waals surface area contributed by atoms with Gasteiger partial charge in [0.2, 0.25) is 0 Å². The van der Waals surface area contributed by atoms with Gasteiger partial charge in [0.1, 0.15) is 10.6 Å². The molecule has 1 N–H and O–H groups in total. The first-order chi connectivity index (χ1) is 16.7. The molecule has 0 saturated carbocycles. The van der Waals surface area contributed by atoms with Crippen LogP contribution in [0.5, 0.6) is 5.75 Å². The minimum Gasteiger partial charge on any atom is -0.506 e. The van der Waals surface area contributed by atoms with Crippen LogP contribution in [0.15, 0.2) is 67.0 Å². The number of Topliss-reactive ketones (excluding diaryl/α,β-unsaturated/α-hetero) is 1. The number of phenols is 1. The van der Waals surface area contributed by atoms with E-state index in [1.165, 1.54) is 6.07 Å². The average molecular weight is 638 g/mol. The fourth-order valence-electron chi connectivity index (χ4n) is 4.30. The maximum atomic E-state index is 13.0. The van der Waals surface area contributed by atoms with Gasteiger partial charge < -0.3 is 5.11 Å². The van der Waals surface area contributed by atoms with Crippen molar-refractivity contribution in [2.75, 3.05) is 7.11 Å². The molecule has 5 nitrogen and oxygen atoms in total. The number of aromatic hydroxyl groups is 1. The van der Waals surface area contributed by atoms with Gasteiger partial charge in [-0.05, 0) is 109 Å². The molecule has 0 amide bonds. The van der Waals surface area contributed by atoms with Gasteiger partial charge in [-0.3, -0.25) is 8.98 Å². The Hall–Kier alpha value is -2.00. The number of halogens is 2. The van der Waals surface area contributed by atoms with Crippen molar-refractivity contribution in [1.29, 1.82) is 0 Å². The third-order valence-corrected chi connectivity index (χ3v) is 9.70. The van der Waals surface area contributed by atoms with Gasteiger partial charge in [0, 0.05) is 11.1 Å². The summed E-state index contributed by atoms with van der Waals surface area (Å²) in [6.07, 6.45) is 1.86. The summed E-state index contributed by atoms with van der Waals surface area (Å²) in [5, 5.41) is 10.8. The lowest BCUT2D eigenvalue weighted by Crippen LogP contribution is -2.16. The standard InChI is InChI=1S/C28H30Br2O5S/c1-14(2)19-12-21(16(5)25(29)27(19)31)24(18-10-8-9-11-23(18)36(33,34)35-7)22-13-20(15(3)4)28(32)26(30)17(22)6/h8-15,31H,1-7H3. The molecule has 0 bridgehead atoms. The number of carbonyl (C=O) groups excluding carboxylic acids is 1. The van der Waals surface area contributed by atoms with E-state index in [1.807, 2.05) is 53.7 Å².